The lowest BCUT2D eigenvalue weighted by atomic mass is 10.0. The number of likely N-dealkylation sites (tertiary alicyclic amines) is 1. The molecular weight excluding hydrogens is 447 g/mol. The van der Waals surface area contributed by atoms with E-state index in [1.807, 2.05) is 11.9 Å². The third kappa shape index (κ3) is 4.47. The zero-order valence-corrected chi connectivity index (χ0v) is 18.1. The molecular formula is C21H23ClF3N5O2. The largest absolute Gasteiger partial charge is 0.416 e. The fraction of sp³-hybridized carbons (Fsp3) is 0.476. The molecule has 1 saturated carbocycles. The molecule has 11 heteroatoms. The molecule has 3 atom stereocenters. The third-order valence-corrected chi connectivity index (χ3v) is 6.84. The van der Waals surface area contributed by atoms with E-state index in [1.54, 1.807) is 4.90 Å². The first kappa shape index (κ1) is 22.6. The highest BCUT2D eigenvalue weighted by atomic mass is 35.5. The van der Waals surface area contributed by atoms with Crippen molar-refractivity contribution in [2.45, 2.75) is 31.6 Å². The van der Waals surface area contributed by atoms with Crippen LogP contribution in [0.5, 0.6) is 0 Å². The normalized spacial score (nSPS) is 23.1. The molecule has 1 saturated heterocycles. The van der Waals surface area contributed by atoms with Gasteiger partial charge in [0.25, 0.3) is 5.91 Å². The summed E-state index contributed by atoms with van der Waals surface area (Å²) in [6.07, 6.45) is -0.138. The van der Waals surface area contributed by atoms with Crippen LogP contribution in [0.25, 0.3) is 0 Å². The second-order valence-electron chi connectivity index (χ2n) is 8.59. The predicted molar refractivity (Wildman–Crippen MR) is 111 cm³/mol. The lowest BCUT2D eigenvalue weighted by molar-refractivity contribution is -0.137. The molecule has 0 spiro atoms. The topological polar surface area (TPSA) is 84.5 Å². The molecule has 32 heavy (non-hydrogen) atoms. The first-order valence-electron chi connectivity index (χ1n) is 10.2. The fourth-order valence-electron chi connectivity index (χ4n) is 4.75. The number of amides is 2. The van der Waals surface area contributed by atoms with Crippen molar-refractivity contribution in [3.63, 3.8) is 0 Å². The lowest BCUT2D eigenvalue weighted by Crippen LogP contribution is -2.36. The van der Waals surface area contributed by atoms with Crippen LogP contribution in [0, 0.1) is 11.8 Å². The van der Waals surface area contributed by atoms with Crippen LogP contribution >= 0.6 is 11.6 Å². The number of hydrogen-bond acceptors (Lipinski definition) is 4. The Morgan fingerprint density at radius 1 is 1.25 bits per heavy atom. The summed E-state index contributed by atoms with van der Waals surface area (Å²) in [6.45, 7) is 1.46. The van der Waals surface area contributed by atoms with Crippen LogP contribution in [0.2, 0.25) is 5.02 Å². The van der Waals surface area contributed by atoms with Gasteiger partial charge in [-0.1, -0.05) is 11.6 Å². The van der Waals surface area contributed by atoms with Gasteiger partial charge in [0.1, 0.15) is 0 Å². The van der Waals surface area contributed by atoms with E-state index in [0.717, 1.165) is 29.7 Å². The third-order valence-electron chi connectivity index (χ3n) is 6.48. The van der Waals surface area contributed by atoms with Crippen molar-refractivity contribution >= 4 is 23.5 Å². The highest BCUT2D eigenvalue weighted by Crippen LogP contribution is 2.41. The SMILES string of the molecule is CN(Cc1cc(C(F)(F)F)ccc1Cl)[C@H]1C[C@@H]2CN(C(=O)n3cc(C(N)=O)cn3)C[C@@H]2C1. The summed E-state index contributed by atoms with van der Waals surface area (Å²) in [5, 5.41) is 4.24. The zero-order chi connectivity index (χ0) is 23.2. The summed E-state index contributed by atoms with van der Waals surface area (Å²) in [4.78, 5) is 27.6. The Bertz CT molecular complexity index is 1030. The van der Waals surface area contributed by atoms with Crippen LogP contribution in [-0.2, 0) is 12.7 Å². The van der Waals surface area contributed by atoms with Crippen molar-refractivity contribution in [1.29, 1.82) is 0 Å². The van der Waals surface area contributed by atoms with Crippen molar-refractivity contribution in [3.05, 3.63) is 52.3 Å². The average Bonchev–Trinajstić information content (AvgIpc) is 3.42. The maximum atomic E-state index is 13.0. The quantitative estimate of drug-likeness (QED) is 0.743. The minimum atomic E-state index is -4.41. The molecule has 2 heterocycles. The van der Waals surface area contributed by atoms with Gasteiger partial charge < -0.3 is 10.6 Å². The number of primary amides is 1. The number of aromatic nitrogens is 2. The van der Waals surface area contributed by atoms with Crippen LogP contribution in [0.1, 0.15) is 34.3 Å². The molecule has 2 amide bonds. The van der Waals surface area contributed by atoms with Gasteiger partial charge in [-0.15, -0.1) is 0 Å². The molecule has 1 aromatic heterocycles. The Hall–Kier alpha value is -2.59. The Morgan fingerprint density at radius 2 is 1.91 bits per heavy atom. The number of carbonyl (C=O) groups is 2. The van der Waals surface area contributed by atoms with E-state index < -0.39 is 17.6 Å². The van der Waals surface area contributed by atoms with E-state index in [9.17, 15) is 22.8 Å². The highest BCUT2D eigenvalue weighted by molar-refractivity contribution is 6.31. The van der Waals surface area contributed by atoms with Gasteiger partial charge in [-0.3, -0.25) is 9.69 Å². The minimum absolute atomic E-state index is 0.174. The molecule has 2 aromatic rings. The van der Waals surface area contributed by atoms with Crippen LogP contribution in [0.15, 0.2) is 30.6 Å². The van der Waals surface area contributed by atoms with E-state index in [0.29, 0.717) is 42.1 Å². The molecule has 172 valence electrons. The summed E-state index contributed by atoms with van der Waals surface area (Å²) in [6, 6.07) is 3.29. The molecule has 7 nitrogen and oxygen atoms in total. The molecule has 0 unspecified atom stereocenters. The molecule has 2 N–H and O–H groups in total. The van der Waals surface area contributed by atoms with Crippen LogP contribution in [0.3, 0.4) is 0 Å². The predicted octanol–water partition coefficient (Wildman–Crippen LogP) is 3.46. The monoisotopic (exact) mass is 469 g/mol. The first-order valence-corrected chi connectivity index (χ1v) is 10.6. The number of halogens is 4. The van der Waals surface area contributed by atoms with E-state index in [2.05, 4.69) is 5.10 Å². The van der Waals surface area contributed by atoms with Crippen molar-refractivity contribution in [2.75, 3.05) is 20.1 Å². The van der Waals surface area contributed by atoms with Crippen molar-refractivity contribution in [3.8, 4) is 0 Å². The van der Waals surface area contributed by atoms with Crippen LogP contribution in [-0.4, -0.2) is 57.7 Å². The van der Waals surface area contributed by atoms with Crippen LogP contribution in [0.4, 0.5) is 18.0 Å². The van der Waals surface area contributed by atoms with Gasteiger partial charge in [0.2, 0.25) is 0 Å². The van der Waals surface area contributed by atoms with E-state index >= 15 is 0 Å². The van der Waals surface area contributed by atoms with E-state index in [1.165, 1.54) is 18.5 Å². The van der Waals surface area contributed by atoms with Gasteiger partial charge in [-0.2, -0.15) is 23.0 Å². The molecule has 2 aliphatic rings. The van der Waals surface area contributed by atoms with Crippen LogP contribution < -0.4 is 5.73 Å². The number of nitrogens with zero attached hydrogens (tertiary/aromatic N) is 4. The van der Waals surface area contributed by atoms with Crippen molar-refractivity contribution < 1.29 is 22.8 Å². The molecule has 0 bridgehead atoms. The fourth-order valence-corrected chi connectivity index (χ4v) is 4.93. The summed E-state index contributed by atoms with van der Waals surface area (Å²) in [5.41, 5.74) is 5.12. The second-order valence-corrected chi connectivity index (χ2v) is 9.00. The average molecular weight is 470 g/mol. The van der Waals surface area contributed by atoms with Crippen molar-refractivity contribution in [2.24, 2.45) is 17.6 Å². The van der Waals surface area contributed by atoms with Crippen molar-refractivity contribution in [1.82, 2.24) is 19.6 Å². The molecule has 2 fully saturated rings. The zero-order valence-electron chi connectivity index (χ0n) is 17.3. The number of nitrogens with two attached hydrogens (primary N) is 1. The molecule has 0 radical (unpaired) electrons. The number of rotatable bonds is 4. The second kappa shape index (κ2) is 8.40. The standard InChI is InChI=1S/C21H23ClF3N5O2/c1-28(8-14-4-16(21(23,24)25)2-3-18(14)22)17-5-12-9-29(10-13(12)6-17)20(32)30-11-15(7-27-30)19(26)31/h2-4,7,11-13,17H,5-6,8-10H2,1H3,(H2,26,31)/t12-,13+,17+. The summed E-state index contributed by atoms with van der Waals surface area (Å²) in [7, 11) is 1.89. The van der Waals surface area contributed by atoms with Gasteiger partial charge in [0.05, 0.1) is 17.3 Å². The smallest absolute Gasteiger partial charge is 0.366 e. The maximum Gasteiger partial charge on any atom is 0.416 e. The Morgan fingerprint density at radius 3 is 2.47 bits per heavy atom. The molecule has 1 aromatic carbocycles. The number of alkyl halides is 3. The van der Waals surface area contributed by atoms with Gasteiger partial charge in [0.15, 0.2) is 0 Å². The summed E-state index contributed by atoms with van der Waals surface area (Å²) < 4.78 is 40.2. The Kier molecular flexibility index (Phi) is 5.93. The number of hydrogen-bond donors (Lipinski definition) is 1. The number of carbonyl (C=O) groups excluding carboxylic acids is 2. The van der Waals surface area contributed by atoms with Gasteiger partial charge >= 0.3 is 12.2 Å². The number of benzene rings is 1. The number of fused-ring (bicyclic) bond motifs is 1. The first-order chi connectivity index (χ1) is 15.0. The highest BCUT2D eigenvalue weighted by Gasteiger charge is 2.44. The summed E-state index contributed by atoms with van der Waals surface area (Å²) in [5.74, 6) is -0.0433. The Labute approximate surface area is 187 Å². The van der Waals surface area contributed by atoms with Gasteiger partial charge in [0, 0.05) is 36.9 Å². The lowest BCUT2D eigenvalue weighted by Gasteiger charge is -2.27. The summed E-state index contributed by atoms with van der Waals surface area (Å²) >= 11 is 6.15. The molecule has 1 aliphatic carbocycles. The minimum Gasteiger partial charge on any atom is -0.366 e. The molecule has 4 rings (SSSR count). The molecule has 1 aliphatic heterocycles. The maximum absolute atomic E-state index is 13.0. The Balaban J connectivity index is 1.36. The van der Waals surface area contributed by atoms with Gasteiger partial charge in [-0.25, -0.2) is 4.79 Å². The van der Waals surface area contributed by atoms with Gasteiger partial charge in [-0.05, 0) is 55.5 Å². The van der Waals surface area contributed by atoms with E-state index in [4.69, 9.17) is 17.3 Å². The van der Waals surface area contributed by atoms with E-state index in [-0.39, 0.29) is 17.6 Å².